The van der Waals surface area contributed by atoms with Crippen LogP contribution in [-0.4, -0.2) is 28.9 Å². The van der Waals surface area contributed by atoms with E-state index in [-0.39, 0.29) is 5.97 Å². The molecule has 0 unspecified atom stereocenters. The van der Waals surface area contributed by atoms with E-state index < -0.39 is 0 Å². The summed E-state index contributed by atoms with van der Waals surface area (Å²) in [5.74, 6) is -0.0419. The monoisotopic (exact) mass is 263 g/mol. The Labute approximate surface area is 82.3 Å². The molecule has 0 spiro atoms. The van der Waals surface area contributed by atoms with Crippen molar-refractivity contribution in [2.75, 3.05) is 0 Å². The Kier molecular flexibility index (Phi) is 8.57. The summed E-state index contributed by atoms with van der Waals surface area (Å²) in [6.45, 7) is 2.18. The standard InChI is InChI=1S/C8H16O2.Sn/c1-2-3-4-5-6-7-8(9)10;/h2-7H2,1H3,(H,9,10);/q;+1/p-1. The van der Waals surface area contributed by atoms with Crippen LogP contribution < -0.4 is 0 Å². The number of rotatable bonds is 6. The van der Waals surface area contributed by atoms with Crippen LogP contribution in [0, 0.1) is 0 Å². The van der Waals surface area contributed by atoms with E-state index >= 15 is 0 Å². The molecule has 0 rings (SSSR count). The molecule has 0 saturated heterocycles. The van der Waals surface area contributed by atoms with Crippen molar-refractivity contribution >= 4 is 28.9 Å². The van der Waals surface area contributed by atoms with E-state index in [2.05, 4.69) is 10.00 Å². The van der Waals surface area contributed by atoms with Gasteiger partial charge in [-0.15, -0.1) is 0 Å². The minimum atomic E-state index is -0.0419. The van der Waals surface area contributed by atoms with Gasteiger partial charge in [-0.25, -0.2) is 0 Å². The molecule has 0 saturated carbocycles. The van der Waals surface area contributed by atoms with Crippen LogP contribution in [0.1, 0.15) is 45.4 Å². The van der Waals surface area contributed by atoms with Gasteiger partial charge in [-0.1, -0.05) is 0 Å². The Morgan fingerprint density at radius 3 is 2.45 bits per heavy atom. The van der Waals surface area contributed by atoms with Crippen LogP contribution in [0.3, 0.4) is 0 Å². The number of unbranched alkanes of at least 4 members (excludes halogenated alkanes) is 4. The second-order valence-corrected chi connectivity index (χ2v) is 3.22. The minimum absolute atomic E-state index is 0.0419. The number of carbonyl (C=O) groups is 1. The summed E-state index contributed by atoms with van der Waals surface area (Å²) in [6, 6.07) is 0. The maximum atomic E-state index is 10.6. The molecule has 0 aromatic heterocycles. The van der Waals surface area contributed by atoms with Crippen LogP contribution in [0.4, 0.5) is 0 Å². The van der Waals surface area contributed by atoms with Crippen molar-refractivity contribution in [2.24, 2.45) is 0 Å². The molecule has 0 atom stereocenters. The van der Waals surface area contributed by atoms with Gasteiger partial charge >= 0.3 is 82.2 Å². The fourth-order valence-corrected chi connectivity index (χ4v) is 1.22. The normalized spacial score (nSPS) is 9.64. The third kappa shape index (κ3) is 8.17. The summed E-state index contributed by atoms with van der Waals surface area (Å²) in [5, 5.41) is 0. The SMILES string of the molecule is CCCCCCCC(=O)[O][Sn]. The molecule has 0 aliphatic carbocycles. The summed E-state index contributed by atoms with van der Waals surface area (Å²) in [4.78, 5) is 10.6. The molecule has 0 aliphatic heterocycles. The van der Waals surface area contributed by atoms with Gasteiger partial charge < -0.3 is 0 Å². The van der Waals surface area contributed by atoms with Crippen LogP contribution in [-0.2, 0) is 7.87 Å². The zero-order valence-corrected chi connectivity index (χ0v) is 9.91. The van der Waals surface area contributed by atoms with Crippen LogP contribution in [0.2, 0.25) is 0 Å². The average molecular weight is 262 g/mol. The first-order valence-electron chi connectivity index (χ1n) is 4.17. The van der Waals surface area contributed by atoms with Crippen molar-refractivity contribution < 1.29 is 7.87 Å². The summed E-state index contributed by atoms with van der Waals surface area (Å²) in [6.07, 6.45) is 6.55. The predicted octanol–water partition coefficient (Wildman–Crippen LogP) is 1.97. The maximum absolute atomic E-state index is 10.6. The zero-order valence-electron chi connectivity index (χ0n) is 7.06. The van der Waals surface area contributed by atoms with E-state index in [9.17, 15) is 4.79 Å². The number of hydrogen-bond donors (Lipinski definition) is 0. The first-order valence-corrected chi connectivity index (χ1v) is 5.34. The molecule has 63 valence electrons. The van der Waals surface area contributed by atoms with Gasteiger partial charge in [-0.05, 0) is 0 Å². The van der Waals surface area contributed by atoms with Crippen molar-refractivity contribution in [3.05, 3.63) is 0 Å². The van der Waals surface area contributed by atoms with Crippen LogP contribution in [0.5, 0.6) is 0 Å². The van der Waals surface area contributed by atoms with E-state index in [1.807, 2.05) is 0 Å². The Balaban J connectivity index is 2.95. The zero-order chi connectivity index (χ0) is 8.53. The van der Waals surface area contributed by atoms with E-state index in [0.29, 0.717) is 6.42 Å². The molecule has 0 N–H and O–H groups in total. The van der Waals surface area contributed by atoms with Gasteiger partial charge in [-0.3, -0.25) is 0 Å². The van der Waals surface area contributed by atoms with Gasteiger partial charge in [-0.2, -0.15) is 0 Å². The molecule has 0 heterocycles. The van der Waals surface area contributed by atoms with Gasteiger partial charge in [0.2, 0.25) is 0 Å². The van der Waals surface area contributed by atoms with Crippen LogP contribution in [0.15, 0.2) is 0 Å². The Morgan fingerprint density at radius 1 is 1.27 bits per heavy atom. The second-order valence-electron chi connectivity index (χ2n) is 2.64. The van der Waals surface area contributed by atoms with E-state index in [4.69, 9.17) is 0 Å². The van der Waals surface area contributed by atoms with Crippen molar-refractivity contribution in [3.63, 3.8) is 0 Å². The first kappa shape index (κ1) is 11.3. The average Bonchev–Trinajstić information content (AvgIpc) is 2.04. The first-order chi connectivity index (χ1) is 5.31. The van der Waals surface area contributed by atoms with Gasteiger partial charge in [0.15, 0.2) is 0 Å². The summed E-state index contributed by atoms with van der Waals surface area (Å²) < 4.78 is 4.61. The van der Waals surface area contributed by atoms with Crippen molar-refractivity contribution in [2.45, 2.75) is 45.4 Å². The quantitative estimate of drug-likeness (QED) is 0.540. The molecule has 2 nitrogen and oxygen atoms in total. The molecule has 0 aromatic rings. The molecule has 0 amide bonds. The molecular formula is C8H15O2Sn. The third-order valence-corrected chi connectivity index (χ3v) is 2.25. The van der Waals surface area contributed by atoms with Crippen molar-refractivity contribution in [3.8, 4) is 0 Å². The van der Waals surface area contributed by atoms with Gasteiger partial charge in [0.25, 0.3) is 0 Å². The fraction of sp³-hybridized carbons (Fsp3) is 0.875. The second kappa shape index (κ2) is 8.37. The van der Waals surface area contributed by atoms with Gasteiger partial charge in [0.1, 0.15) is 0 Å². The Morgan fingerprint density at radius 2 is 1.91 bits per heavy atom. The summed E-state index contributed by atoms with van der Waals surface area (Å²) >= 11 is 0.858. The predicted molar refractivity (Wildman–Crippen MR) is 45.2 cm³/mol. The molecule has 0 aromatic carbocycles. The van der Waals surface area contributed by atoms with E-state index in [1.165, 1.54) is 25.7 Å². The topological polar surface area (TPSA) is 26.3 Å². The molecule has 0 fully saturated rings. The van der Waals surface area contributed by atoms with E-state index in [0.717, 1.165) is 29.4 Å². The molecule has 0 aliphatic rings. The number of carbonyl (C=O) groups excluding carboxylic acids is 1. The number of hydrogen-bond acceptors (Lipinski definition) is 2. The van der Waals surface area contributed by atoms with Crippen LogP contribution >= 0.6 is 0 Å². The van der Waals surface area contributed by atoms with Crippen molar-refractivity contribution in [1.29, 1.82) is 0 Å². The summed E-state index contributed by atoms with van der Waals surface area (Å²) in [5.41, 5.74) is 0. The molecule has 11 heavy (non-hydrogen) atoms. The van der Waals surface area contributed by atoms with Gasteiger partial charge in [0, 0.05) is 0 Å². The molecule has 3 radical (unpaired) electrons. The molecule has 0 bridgehead atoms. The van der Waals surface area contributed by atoms with Crippen LogP contribution in [0.25, 0.3) is 0 Å². The third-order valence-electron chi connectivity index (χ3n) is 1.60. The van der Waals surface area contributed by atoms with Crippen molar-refractivity contribution in [1.82, 2.24) is 0 Å². The van der Waals surface area contributed by atoms with E-state index in [1.54, 1.807) is 0 Å². The Hall–Kier alpha value is 0.269. The van der Waals surface area contributed by atoms with Gasteiger partial charge in [0.05, 0.1) is 0 Å². The summed E-state index contributed by atoms with van der Waals surface area (Å²) in [7, 11) is 0. The molecular weight excluding hydrogens is 247 g/mol. The Bertz CT molecular complexity index is 104. The fourth-order valence-electron chi connectivity index (χ4n) is 0.924. The molecule has 3 heteroatoms.